The maximum atomic E-state index is 13.0. The first-order valence-electron chi connectivity index (χ1n) is 7.92. The van der Waals surface area contributed by atoms with E-state index in [0.717, 1.165) is 5.56 Å². The Labute approximate surface area is 141 Å². The fourth-order valence-corrected chi connectivity index (χ4v) is 2.46. The Balaban J connectivity index is 1.91. The normalized spacial score (nSPS) is 10.3. The highest BCUT2D eigenvalue weighted by molar-refractivity contribution is 5.96. The summed E-state index contributed by atoms with van der Waals surface area (Å²) in [6.45, 7) is 4.46. The van der Waals surface area contributed by atoms with E-state index in [-0.39, 0.29) is 30.6 Å². The van der Waals surface area contributed by atoms with Crippen molar-refractivity contribution in [2.24, 2.45) is 0 Å². The monoisotopic (exact) mass is 328 g/mol. The molecule has 2 rings (SSSR count). The Kier molecular flexibility index (Phi) is 6.07. The van der Waals surface area contributed by atoms with Gasteiger partial charge in [0.05, 0.1) is 0 Å². The largest absolute Gasteiger partial charge is 0.352 e. The summed E-state index contributed by atoms with van der Waals surface area (Å²) in [5.74, 6) is -0.646. The molecule has 5 heteroatoms. The summed E-state index contributed by atoms with van der Waals surface area (Å²) in [6, 6.07) is 13.1. The number of benzene rings is 2. The number of hydrogen-bond acceptors (Lipinski definition) is 2. The SMILES string of the molecule is CCN(C(=O)CCNC(=O)c1ccccc1C)c1ccc(F)cc1. The third-order valence-corrected chi connectivity index (χ3v) is 3.77. The number of rotatable bonds is 6. The van der Waals surface area contributed by atoms with Gasteiger partial charge in [-0.2, -0.15) is 0 Å². The lowest BCUT2D eigenvalue weighted by molar-refractivity contribution is -0.118. The van der Waals surface area contributed by atoms with Gasteiger partial charge in [-0.05, 0) is 49.7 Å². The van der Waals surface area contributed by atoms with E-state index in [1.807, 2.05) is 26.0 Å². The maximum absolute atomic E-state index is 13.0. The molecule has 0 aliphatic carbocycles. The smallest absolute Gasteiger partial charge is 0.251 e. The van der Waals surface area contributed by atoms with Gasteiger partial charge in [-0.25, -0.2) is 4.39 Å². The van der Waals surface area contributed by atoms with E-state index >= 15 is 0 Å². The van der Waals surface area contributed by atoms with Crippen LogP contribution in [0.1, 0.15) is 29.3 Å². The van der Waals surface area contributed by atoms with Crippen LogP contribution in [0.4, 0.5) is 10.1 Å². The number of carbonyl (C=O) groups excluding carboxylic acids is 2. The van der Waals surface area contributed by atoms with Gasteiger partial charge in [-0.15, -0.1) is 0 Å². The van der Waals surface area contributed by atoms with Crippen LogP contribution in [0.3, 0.4) is 0 Å². The van der Waals surface area contributed by atoms with Crippen LogP contribution in [0.2, 0.25) is 0 Å². The molecule has 0 bridgehead atoms. The summed E-state index contributed by atoms with van der Waals surface area (Å²) in [7, 11) is 0. The number of anilines is 1. The Morgan fingerprint density at radius 1 is 1.08 bits per heavy atom. The second-order valence-electron chi connectivity index (χ2n) is 5.44. The van der Waals surface area contributed by atoms with E-state index < -0.39 is 0 Å². The zero-order chi connectivity index (χ0) is 17.5. The molecular weight excluding hydrogens is 307 g/mol. The summed E-state index contributed by atoms with van der Waals surface area (Å²) < 4.78 is 13.0. The molecule has 0 radical (unpaired) electrons. The van der Waals surface area contributed by atoms with Gasteiger partial charge in [0, 0.05) is 30.8 Å². The van der Waals surface area contributed by atoms with Gasteiger partial charge in [-0.1, -0.05) is 18.2 Å². The van der Waals surface area contributed by atoms with Crippen LogP contribution in [0.5, 0.6) is 0 Å². The van der Waals surface area contributed by atoms with Crippen LogP contribution < -0.4 is 10.2 Å². The first kappa shape index (κ1) is 17.7. The highest BCUT2D eigenvalue weighted by Crippen LogP contribution is 2.15. The summed E-state index contributed by atoms with van der Waals surface area (Å²) in [4.78, 5) is 26.0. The van der Waals surface area contributed by atoms with Crippen LogP contribution in [-0.2, 0) is 4.79 Å². The Bertz CT molecular complexity index is 714. The van der Waals surface area contributed by atoms with Crippen LogP contribution in [0.25, 0.3) is 0 Å². The molecule has 2 aromatic carbocycles. The highest BCUT2D eigenvalue weighted by Gasteiger charge is 2.14. The molecule has 4 nitrogen and oxygen atoms in total. The fraction of sp³-hybridized carbons (Fsp3) is 0.263. The molecule has 2 amide bonds. The third kappa shape index (κ3) is 4.41. The number of carbonyl (C=O) groups is 2. The van der Waals surface area contributed by atoms with E-state index in [1.54, 1.807) is 29.2 Å². The Morgan fingerprint density at radius 3 is 2.38 bits per heavy atom. The van der Waals surface area contributed by atoms with E-state index in [1.165, 1.54) is 12.1 Å². The van der Waals surface area contributed by atoms with Gasteiger partial charge in [-0.3, -0.25) is 9.59 Å². The molecule has 0 aliphatic heterocycles. The zero-order valence-corrected chi connectivity index (χ0v) is 13.9. The van der Waals surface area contributed by atoms with Gasteiger partial charge >= 0.3 is 0 Å². The maximum Gasteiger partial charge on any atom is 0.251 e. The van der Waals surface area contributed by atoms with E-state index in [2.05, 4.69) is 5.32 Å². The summed E-state index contributed by atoms with van der Waals surface area (Å²) in [6.07, 6.45) is 0.183. The Hall–Kier alpha value is -2.69. The molecule has 0 aliphatic rings. The zero-order valence-electron chi connectivity index (χ0n) is 13.9. The van der Waals surface area contributed by atoms with Crippen molar-refractivity contribution < 1.29 is 14.0 Å². The average Bonchev–Trinajstić information content (AvgIpc) is 2.57. The molecule has 0 unspecified atom stereocenters. The molecular formula is C19H21FN2O2. The van der Waals surface area contributed by atoms with Crippen molar-refractivity contribution in [2.75, 3.05) is 18.0 Å². The van der Waals surface area contributed by atoms with Crippen molar-refractivity contribution in [3.05, 3.63) is 65.5 Å². The van der Waals surface area contributed by atoms with Crippen LogP contribution in [-0.4, -0.2) is 24.9 Å². The molecule has 0 saturated heterocycles. The summed E-state index contributed by atoms with van der Waals surface area (Å²) in [5, 5.41) is 2.76. The molecule has 0 atom stereocenters. The molecule has 0 aromatic heterocycles. The highest BCUT2D eigenvalue weighted by atomic mass is 19.1. The predicted octanol–water partition coefficient (Wildman–Crippen LogP) is 3.31. The van der Waals surface area contributed by atoms with Crippen LogP contribution in [0, 0.1) is 12.7 Å². The van der Waals surface area contributed by atoms with Crippen molar-refractivity contribution in [1.82, 2.24) is 5.32 Å². The number of halogens is 1. The van der Waals surface area contributed by atoms with Gasteiger partial charge < -0.3 is 10.2 Å². The number of hydrogen-bond donors (Lipinski definition) is 1. The number of nitrogens with one attached hydrogen (secondary N) is 1. The lowest BCUT2D eigenvalue weighted by Gasteiger charge is -2.21. The summed E-state index contributed by atoms with van der Waals surface area (Å²) in [5.41, 5.74) is 2.15. The fourth-order valence-electron chi connectivity index (χ4n) is 2.46. The molecule has 0 fully saturated rings. The van der Waals surface area contributed by atoms with Crippen molar-refractivity contribution in [3.63, 3.8) is 0 Å². The molecule has 126 valence electrons. The number of nitrogens with zero attached hydrogens (tertiary/aromatic N) is 1. The topological polar surface area (TPSA) is 49.4 Å². The molecule has 2 aromatic rings. The molecule has 0 spiro atoms. The second-order valence-corrected chi connectivity index (χ2v) is 5.44. The second kappa shape index (κ2) is 8.24. The average molecular weight is 328 g/mol. The van der Waals surface area contributed by atoms with Crippen LogP contribution >= 0.6 is 0 Å². The quantitative estimate of drug-likeness (QED) is 0.884. The number of aryl methyl sites for hydroxylation is 1. The molecule has 24 heavy (non-hydrogen) atoms. The van der Waals surface area contributed by atoms with Crippen LogP contribution in [0.15, 0.2) is 48.5 Å². The van der Waals surface area contributed by atoms with E-state index in [4.69, 9.17) is 0 Å². The minimum atomic E-state index is -0.340. The van der Waals surface area contributed by atoms with Gasteiger partial charge in [0.15, 0.2) is 0 Å². The van der Waals surface area contributed by atoms with Crippen molar-refractivity contribution in [3.8, 4) is 0 Å². The first-order valence-corrected chi connectivity index (χ1v) is 7.92. The van der Waals surface area contributed by atoms with Crippen molar-refractivity contribution in [1.29, 1.82) is 0 Å². The summed E-state index contributed by atoms with van der Waals surface area (Å²) >= 11 is 0. The number of amides is 2. The molecule has 1 N–H and O–H groups in total. The molecule has 0 heterocycles. The Morgan fingerprint density at radius 2 is 1.75 bits per heavy atom. The minimum Gasteiger partial charge on any atom is -0.352 e. The van der Waals surface area contributed by atoms with Crippen molar-refractivity contribution >= 4 is 17.5 Å². The minimum absolute atomic E-state index is 0.116. The predicted molar refractivity (Wildman–Crippen MR) is 92.6 cm³/mol. The lowest BCUT2D eigenvalue weighted by Crippen LogP contribution is -2.34. The van der Waals surface area contributed by atoms with Gasteiger partial charge in [0.1, 0.15) is 5.82 Å². The van der Waals surface area contributed by atoms with Crippen molar-refractivity contribution in [2.45, 2.75) is 20.3 Å². The standard InChI is InChI=1S/C19H21FN2O2/c1-3-22(16-10-8-15(20)9-11-16)18(23)12-13-21-19(24)17-7-5-4-6-14(17)2/h4-11H,3,12-13H2,1-2H3,(H,21,24). The van der Waals surface area contributed by atoms with E-state index in [9.17, 15) is 14.0 Å². The first-order chi connectivity index (χ1) is 11.5. The molecule has 0 saturated carbocycles. The lowest BCUT2D eigenvalue weighted by atomic mass is 10.1. The van der Waals surface area contributed by atoms with Gasteiger partial charge in [0.2, 0.25) is 5.91 Å². The van der Waals surface area contributed by atoms with Gasteiger partial charge in [0.25, 0.3) is 5.91 Å². The van der Waals surface area contributed by atoms with E-state index in [0.29, 0.717) is 17.8 Å². The third-order valence-electron chi connectivity index (χ3n) is 3.77.